The molecule has 1 aromatic carbocycles. The van der Waals surface area contributed by atoms with Crippen molar-refractivity contribution in [1.82, 2.24) is 9.78 Å². The van der Waals surface area contributed by atoms with Crippen LogP contribution in [0.1, 0.15) is 41.4 Å². The van der Waals surface area contributed by atoms with Crippen LogP contribution in [0.5, 0.6) is 5.75 Å². The summed E-state index contributed by atoms with van der Waals surface area (Å²) >= 11 is 0. The second-order valence-electron chi connectivity index (χ2n) is 6.35. The van der Waals surface area contributed by atoms with Crippen LogP contribution in [0.4, 0.5) is 5.69 Å². The monoisotopic (exact) mass is 365 g/mol. The number of aromatic nitrogens is 2. The molecular weight excluding hydrogens is 338 g/mol. The summed E-state index contributed by atoms with van der Waals surface area (Å²) < 4.78 is 36.1. The van der Waals surface area contributed by atoms with E-state index >= 15 is 0 Å². The Morgan fingerprint density at radius 2 is 1.80 bits per heavy atom. The second kappa shape index (κ2) is 7.07. The van der Waals surface area contributed by atoms with E-state index in [0.29, 0.717) is 33.2 Å². The Morgan fingerprint density at radius 1 is 1.16 bits per heavy atom. The first-order chi connectivity index (χ1) is 11.6. The van der Waals surface area contributed by atoms with Crippen LogP contribution in [0.3, 0.4) is 0 Å². The van der Waals surface area contributed by atoms with E-state index in [1.807, 2.05) is 25.5 Å². The van der Waals surface area contributed by atoms with E-state index in [0.717, 1.165) is 24.2 Å². The molecule has 0 aliphatic rings. The average Bonchev–Trinajstić information content (AvgIpc) is 2.78. The number of ether oxygens (including phenoxy) is 1. The Kier molecular flexibility index (Phi) is 5.46. The van der Waals surface area contributed by atoms with Crippen LogP contribution in [0.15, 0.2) is 11.0 Å². The Morgan fingerprint density at radius 3 is 2.36 bits per heavy atom. The summed E-state index contributed by atoms with van der Waals surface area (Å²) in [5.41, 5.74) is 4.23. The molecular formula is C18H27N3O3S. The molecule has 0 aliphatic heterocycles. The van der Waals surface area contributed by atoms with Crippen molar-refractivity contribution < 1.29 is 13.2 Å². The molecule has 1 N–H and O–H groups in total. The molecule has 0 aliphatic carbocycles. The highest BCUT2D eigenvalue weighted by atomic mass is 32.2. The van der Waals surface area contributed by atoms with E-state index in [1.54, 1.807) is 27.0 Å². The third kappa shape index (κ3) is 3.51. The summed E-state index contributed by atoms with van der Waals surface area (Å²) in [5, 5.41) is 4.44. The number of hydrogen-bond donors (Lipinski definition) is 1. The third-order valence-corrected chi connectivity index (χ3v) is 6.16. The highest BCUT2D eigenvalue weighted by Crippen LogP contribution is 2.32. The van der Waals surface area contributed by atoms with Gasteiger partial charge in [0.1, 0.15) is 5.75 Å². The lowest BCUT2D eigenvalue weighted by Crippen LogP contribution is -2.17. The maximum Gasteiger partial charge on any atom is 0.262 e. The topological polar surface area (TPSA) is 73.2 Å². The van der Waals surface area contributed by atoms with Crippen molar-refractivity contribution in [2.45, 2.75) is 59.4 Å². The lowest BCUT2D eigenvalue weighted by atomic mass is 10.1. The summed E-state index contributed by atoms with van der Waals surface area (Å²) in [7, 11) is -2.14. The van der Waals surface area contributed by atoms with Crippen LogP contribution in [-0.4, -0.2) is 25.3 Å². The zero-order valence-electron chi connectivity index (χ0n) is 16.0. The minimum Gasteiger partial charge on any atom is -0.496 e. The molecule has 138 valence electrons. The van der Waals surface area contributed by atoms with Crippen molar-refractivity contribution >= 4 is 15.7 Å². The fourth-order valence-electron chi connectivity index (χ4n) is 3.11. The molecule has 0 spiro atoms. The molecule has 0 atom stereocenters. The number of sulfonamides is 1. The summed E-state index contributed by atoms with van der Waals surface area (Å²) in [5.74, 6) is 0.692. The Balaban J connectivity index is 2.53. The van der Waals surface area contributed by atoms with Gasteiger partial charge in [-0.1, -0.05) is 6.92 Å². The van der Waals surface area contributed by atoms with Crippen LogP contribution < -0.4 is 9.46 Å². The Bertz CT molecular complexity index is 899. The SMILES string of the molecule is CCCn1nc(C)c(NS(=O)(=O)c2c(C)cc(OC)c(C)c2C)c1C. The number of aryl methyl sites for hydroxylation is 3. The van der Waals surface area contributed by atoms with E-state index in [1.165, 1.54) is 0 Å². The van der Waals surface area contributed by atoms with Crippen LogP contribution in [0.2, 0.25) is 0 Å². The van der Waals surface area contributed by atoms with Gasteiger partial charge in [0.25, 0.3) is 10.0 Å². The third-order valence-electron chi connectivity index (χ3n) is 4.52. The van der Waals surface area contributed by atoms with Gasteiger partial charge in [-0.15, -0.1) is 0 Å². The molecule has 0 radical (unpaired) electrons. The van der Waals surface area contributed by atoms with E-state index in [4.69, 9.17) is 4.74 Å². The van der Waals surface area contributed by atoms with E-state index < -0.39 is 10.0 Å². The first-order valence-electron chi connectivity index (χ1n) is 8.35. The average molecular weight is 365 g/mol. The standard InChI is InChI=1S/C18H27N3O3S/c1-8-9-21-15(6)17(14(5)19-21)20-25(22,23)18-11(2)10-16(24-7)12(3)13(18)4/h10,20H,8-9H2,1-7H3. The fourth-order valence-corrected chi connectivity index (χ4v) is 4.81. The molecule has 0 amide bonds. The number of benzene rings is 1. The highest BCUT2D eigenvalue weighted by molar-refractivity contribution is 7.92. The Labute approximate surface area is 150 Å². The number of anilines is 1. The minimum atomic E-state index is -3.73. The minimum absolute atomic E-state index is 0.299. The number of nitrogens with one attached hydrogen (secondary N) is 1. The van der Waals surface area contributed by atoms with Crippen LogP contribution in [0.25, 0.3) is 0 Å². The molecule has 2 rings (SSSR count). The second-order valence-corrected chi connectivity index (χ2v) is 7.97. The van der Waals surface area contributed by atoms with Gasteiger partial charge in [-0.2, -0.15) is 5.10 Å². The molecule has 6 nitrogen and oxygen atoms in total. The fraction of sp³-hybridized carbons (Fsp3) is 0.500. The summed E-state index contributed by atoms with van der Waals surface area (Å²) in [6.45, 7) is 12.0. The molecule has 7 heteroatoms. The van der Waals surface area contributed by atoms with Crippen LogP contribution in [0, 0.1) is 34.6 Å². The van der Waals surface area contributed by atoms with E-state index in [9.17, 15) is 8.42 Å². The molecule has 0 saturated heterocycles. The van der Waals surface area contributed by atoms with Gasteiger partial charge in [-0.3, -0.25) is 9.40 Å². The number of methoxy groups -OCH3 is 1. The Hall–Kier alpha value is -2.02. The van der Waals surface area contributed by atoms with E-state index in [-0.39, 0.29) is 0 Å². The van der Waals surface area contributed by atoms with Gasteiger partial charge >= 0.3 is 0 Å². The molecule has 1 heterocycles. The van der Waals surface area contributed by atoms with Crippen LogP contribution in [-0.2, 0) is 16.6 Å². The zero-order chi connectivity index (χ0) is 18.9. The van der Waals surface area contributed by atoms with Crippen molar-refractivity contribution in [2.24, 2.45) is 0 Å². The summed E-state index contributed by atoms with van der Waals surface area (Å²) in [4.78, 5) is 0.299. The van der Waals surface area contributed by atoms with Crippen LogP contribution >= 0.6 is 0 Å². The normalized spacial score (nSPS) is 11.6. The maximum absolute atomic E-state index is 13.1. The van der Waals surface area contributed by atoms with Gasteiger partial charge in [-0.05, 0) is 63.8 Å². The lowest BCUT2D eigenvalue weighted by Gasteiger charge is -2.17. The summed E-state index contributed by atoms with van der Waals surface area (Å²) in [6, 6.07) is 1.76. The first-order valence-corrected chi connectivity index (χ1v) is 9.84. The predicted molar refractivity (Wildman–Crippen MR) is 100 cm³/mol. The van der Waals surface area contributed by atoms with Gasteiger partial charge in [0.2, 0.25) is 0 Å². The van der Waals surface area contributed by atoms with Gasteiger partial charge in [0.05, 0.1) is 29.1 Å². The first kappa shape index (κ1) is 19.3. The van der Waals surface area contributed by atoms with Gasteiger partial charge in [-0.25, -0.2) is 8.42 Å². The molecule has 1 aromatic heterocycles. The molecule has 0 fully saturated rings. The number of rotatable bonds is 6. The van der Waals surface area contributed by atoms with Crippen molar-refractivity contribution in [1.29, 1.82) is 0 Å². The molecule has 25 heavy (non-hydrogen) atoms. The van der Waals surface area contributed by atoms with Gasteiger partial charge in [0, 0.05) is 6.54 Å². The summed E-state index contributed by atoms with van der Waals surface area (Å²) in [6.07, 6.45) is 0.935. The van der Waals surface area contributed by atoms with Crippen molar-refractivity contribution in [3.05, 3.63) is 34.1 Å². The number of hydrogen-bond acceptors (Lipinski definition) is 4. The number of nitrogens with zero attached hydrogens (tertiary/aromatic N) is 2. The van der Waals surface area contributed by atoms with Crippen molar-refractivity contribution in [3.8, 4) is 5.75 Å². The molecule has 0 saturated carbocycles. The van der Waals surface area contributed by atoms with Gasteiger partial charge < -0.3 is 4.74 Å². The predicted octanol–water partition coefficient (Wildman–Crippen LogP) is 3.64. The zero-order valence-corrected chi connectivity index (χ0v) is 16.8. The molecule has 0 unspecified atom stereocenters. The smallest absolute Gasteiger partial charge is 0.262 e. The maximum atomic E-state index is 13.1. The molecule has 2 aromatic rings. The van der Waals surface area contributed by atoms with Gasteiger partial charge in [0.15, 0.2) is 0 Å². The molecule has 0 bridgehead atoms. The van der Waals surface area contributed by atoms with E-state index in [2.05, 4.69) is 16.7 Å². The lowest BCUT2D eigenvalue weighted by molar-refractivity contribution is 0.410. The van der Waals surface area contributed by atoms with Crippen molar-refractivity contribution in [3.63, 3.8) is 0 Å². The quantitative estimate of drug-likeness (QED) is 0.848. The van der Waals surface area contributed by atoms with Crippen molar-refractivity contribution in [2.75, 3.05) is 11.8 Å². The largest absolute Gasteiger partial charge is 0.496 e. The highest BCUT2D eigenvalue weighted by Gasteiger charge is 2.25.